The zero-order chi connectivity index (χ0) is 15.4. The molecule has 0 aliphatic carbocycles. The lowest BCUT2D eigenvalue weighted by molar-refractivity contribution is 0.0601. The van der Waals surface area contributed by atoms with E-state index in [4.69, 9.17) is 23.2 Å². The first-order valence-electron chi connectivity index (χ1n) is 6.11. The number of benzene rings is 2. The molecule has 2 N–H and O–H groups in total. The number of halogens is 2. The molecular weight excluding hydrogens is 313 g/mol. The molecular formula is C15H13Cl2NO3. The third kappa shape index (κ3) is 3.60. The molecule has 0 spiro atoms. The molecule has 0 atom stereocenters. The fourth-order valence-corrected chi connectivity index (χ4v) is 2.25. The van der Waals surface area contributed by atoms with E-state index in [1.807, 2.05) is 0 Å². The number of phenolic OH excluding ortho intramolecular Hbond substituents is 1. The highest BCUT2D eigenvalue weighted by atomic mass is 35.5. The Morgan fingerprint density at radius 1 is 1.24 bits per heavy atom. The van der Waals surface area contributed by atoms with Crippen LogP contribution in [-0.4, -0.2) is 18.2 Å². The molecule has 6 heteroatoms. The zero-order valence-electron chi connectivity index (χ0n) is 11.2. The van der Waals surface area contributed by atoms with Gasteiger partial charge in [-0.15, -0.1) is 0 Å². The summed E-state index contributed by atoms with van der Waals surface area (Å²) in [6, 6.07) is 9.83. The van der Waals surface area contributed by atoms with Crippen molar-refractivity contribution < 1.29 is 14.6 Å². The number of carbonyl (C=O) groups is 1. The molecule has 2 rings (SSSR count). The summed E-state index contributed by atoms with van der Waals surface area (Å²) in [7, 11) is 1.29. The van der Waals surface area contributed by atoms with Crippen molar-refractivity contribution in [2.45, 2.75) is 6.54 Å². The number of rotatable bonds is 4. The van der Waals surface area contributed by atoms with Gasteiger partial charge in [0.25, 0.3) is 0 Å². The molecule has 0 aliphatic rings. The molecule has 0 saturated carbocycles. The second-order valence-electron chi connectivity index (χ2n) is 4.28. The first-order chi connectivity index (χ1) is 10.0. The number of anilines is 1. The van der Waals surface area contributed by atoms with Crippen molar-refractivity contribution in [3.8, 4) is 5.75 Å². The highest BCUT2D eigenvalue weighted by molar-refractivity contribution is 6.33. The van der Waals surface area contributed by atoms with Crippen molar-refractivity contribution in [1.82, 2.24) is 0 Å². The Hall–Kier alpha value is -1.91. The molecule has 4 nitrogen and oxygen atoms in total. The minimum Gasteiger partial charge on any atom is -0.508 e. The van der Waals surface area contributed by atoms with E-state index in [2.05, 4.69) is 10.1 Å². The smallest absolute Gasteiger partial charge is 0.339 e. The molecule has 0 fully saturated rings. The van der Waals surface area contributed by atoms with E-state index in [1.54, 1.807) is 36.4 Å². The van der Waals surface area contributed by atoms with Crippen LogP contribution in [0, 0.1) is 0 Å². The molecule has 2 aromatic rings. The number of hydrogen-bond acceptors (Lipinski definition) is 4. The lowest BCUT2D eigenvalue weighted by Crippen LogP contribution is -2.05. The molecule has 0 amide bonds. The lowest BCUT2D eigenvalue weighted by Gasteiger charge is -2.11. The van der Waals surface area contributed by atoms with Gasteiger partial charge in [-0.05, 0) is 30.3 Å². The summed E-state index contributed by atoms with van der Waals surface area (Å²) in [6.45, 7) is 0.313. The summed E-state index contributed by atoms with van der Waals surface area (Å²) in [6.07, 6.45) is 0. The molecule has 21 heavy (non-hydrogen) atoms. The van der Waals surface area contributed by atoms with Crippen molar-refractivity contribution in [1.29, 1.82) is 0 Å². The van der Waals surface area contributed by atoms with Crippen LogP contribution in [-0.2, 0) is 11.3 Å². The largest absolute Gasteiger partial charge is 0.508 e. The first kappa shape index (κ1) is 15.5. The molecule has 0 bridgehead atoms. The van der Waals surface area contributed by atoms with Gasteiger partial charge in [-0.25, -0.2) is 4.79 Å². The number of hydrogen-bond donors (Lipinski definition) is 2. The number of ether oxygens (including phenoxy) is 1. The molecule has 0 saturated heterocycles. The normalized spacial score (nSPS) is 10.2. The van der Waals surface area contributed by atoms with Gasteiger partial charge in [0.15, 0.2) is 0 Å². The van der Waals surface area contributed by atoms with Gasteiger partial charge in [0.1, 0.15) is 5.75 Å². The molecule has 0 aromatic heterocycles. The maximum Gasteiger partial charge on any atom is 0.339 e. The SMILES string of the molecule is COC(=O)c1cc(NCc2c(O)cccc2Cl)ccc1Cl. The number of methoxy groups -OCH3 is 1. The standard InChI is InChI=1S/C15H13Cl2NO3/c1-21-15(20)10-7-9(5-6-13(10)17)18-8-11-12(16)3-2-4-14(11)19/h2-7,18-19H,8H2,1H3. The van der Waals surface area contributed by atoms with Crippen molar-refractivity contribution in [3.63, 3.8) is 0 Å². The molecule has 0 aliphatic heterocycles. The van der Waals surface area contributed by atoms with E-state index >= 15 is 0 Å². The minimum atomic E-state index is -0.510. The van der Waals surface area contributed by atoms with Crippen molar-refractivity contribution in [2.24, 2.45) is 0 Å². The lowest BCUT2D eigenvalue weighted by atomic mass is 10.1. The average molecular weight is 326 g/mol. The topological polar surface area (TPSA) is 58.6 Å². The predicted octanol–water partition coefficient (Wildman–Crippen LogP) is 4.10. The maximum absolute atomic E-state index is 11.6. The van der Waals surface area contributed by atoms with E-state index in [9.17, 15) is 9.90 Å². The summed E-state index contributed by atoms with van der Waals surface area (Å²) in [5.41, 5.74) is 1.51. The van der Waals surface area contributed by atoms with Crippen molar-refractivity contribution in [3.05, 3.63) is 57.6 Å². The first-order valence-corrected chi connectivity index (χ1v) is 6.86. The Kier molecular flexibility index (Phi) is 4.94. The van der Waals surface area contributed by atoms with Crippen LogP contribution in [0.4, 0.5) is 5.69 Å². The Morgan fingerprint density at radius 2 is 2.00 bits per heavy atom. The van der Waals surface area contributed by atoms with Crippen LogP contribution in [0.3, 0.4) is 0 Å². The van der Waals surface area contributed by atoms with Crippen LogP contribution in [0.5, 0.6) is 5.75 Å². The van der Waals surface area contributed by atoms with Crippen LogP contribution >= 0.6 is 23.2 Å². The Balaban J connectivity index is 2.19. The number of phenols is 1. The summed E-state index contributed by atoms with van der Waals surface area (Å²) in [4.78, 5) is 11.6. The van der Waals surface area contributed by atoms with Crippen molar-refractivity contribution in [2.75, 3.05) is 12.4 Å². The number of nitrogens with one attached hydrogen (secondary N) is 1. The average Bonchev–Trinajstić information content (AvgIpc) is 2.47. The maximum atomic E-state index is 11.6. The van der Waals surface area contributed by atoms with Gasteiger partial charge < -0.3 is 15.2 Å². The Morgan fingerprint density at radius 3 is 2.67 bits per heavy atom. The zero-order valence-corrected chi connectivity index (χ0v) is 12.7. The van der Waals surface area contributed by atoms with Gasteiger partial charge in [-0.2, -0.15) is 0 Å². The van der Waals surface area contributed by atoms with Gasteiger partial charge in [-0.1, -0.05) is 29.3 Å². The second-order valence-corrected chi connectivity index (χ2v) is 5.09. The van der Waals surface area contributed by atoms with Crippen LogP contribution in [0.2, 0.25) is 10.0 Å². The summed E-state index contributed by atoms with van der Waals surface area (Å²) < 4.78 is 4.66. The number of esters is 1. The van der Waals surface area contributed by atoms with E-state index in [-0.39, 0.29) is 11.3 Å². The Labute approximate surface area is 132 Å². The summed E-state index contributed by atoms with van der Waals surface area (Å²) in [5, 5.41) is 13.6. The van der Waals surface area contributed by atoms with E-state index in [0.29, 0.717) is 27.8 Å². The number of aromatic hydroxyl groups is 1. The Bertz CT molecular complexity index is 654. The highest BCUT2D eigenvalue weighted by Crippen LogP contribution is 2.27. The van der Waals surface area contributed by atoms with Crippen LogP contribution < -0.4 is 5.32 Å². The van der Waals surface area contributed by atoms with Crippen LogP contribution in [0.25, 0.3) is 0 Å². The highest BCUT2D eigenvalue weighted by Gasteiger charge is 2.12. The van der Waals surface area contributed by atoms with Crippen LogP contribution in [0.1, 0.15) is 15.9 Å². The molecule has 0 unspecified atom stereocenters. The van der Waals surface area contributed by atoms with E-state index in [1.165, 1.54) is 7.11 Å². The van der Waals surface area contributed by atoms with Gasteiger partial charge in [-0.3, -0.25) is 0 Å². The minimum absolute atomic E-state index is 0.108. The third-order valence-electron chi connectivity index (χ3n) is 2.94. The van der Waals surface area contributed by atoms with Gasteiger partial charge in [0, 0.05) is 22.8 Å². The second kappa shape index (κ2) is 6.70. The van der Waals surface area contributed by atoms with Crippen LogP contribution in [0.15, 0.2) is 36.4 Å². The van der Waals surface area contributed by atoms with Gasteiger partial charge >= 0.3 is 5.97 Å². The third-order valence-corrected chi connectivity index (χ3v) is 3.62. The fraction of sp³-hybridized carbons (Fsp3) is 0.133. The van der Waals surface area contributed by atoms with Crippen molar-refractivity contribution >= 4 is 34.9 Å². The van der Waals surface area contributed by atoms with Gasteiger partial charge in [0.2, 0.25) is 0 Å². The molecule has 110 valence electrons. The molecule has 0 heterocycles. The fourth-order valence-electron chi connectivity index (χ4n) is 1.81. The predicted molar refractivity (Wildman–Crippen MR) is 83.2 cm³/mol. The summed E-state index contributed by atoms with van der Waals surface area (Å²) in [5.74, 6) is -0.401. The monoisotopic (exact) mass is 325 g/mol. The van der Waals surface area contributed by atoms with Gasteiger partial charge in [0.05, 0.1) is 17.7 Å². The van der Waals surface area contributed by atoms with E-state index in [0.717, 1.165) is 0 Å². The quantitative estimate of drug-likeness (QED) is 0.831. The number of carbonyl (C=O) groups excluding carboxylic acids is 1. The molecule has 0 radical (unpaired) electrons. The summed E-state index contributed by atoms with van der Waals surface area (Å²) >= 11 is 12.0. The molecule has 2 aromatic carbocycles. The van der Waals surface area contributed by atoms with E-state index < -0.39 is 5.97 Å².